The van der Waals surface area contributed by atoms with Crippen molar-refractivity contribution in [3.05, 3.63) is 54.4 Å². The molecule has 0 fully saturated rings. The van der Waals surface area contributed by atoms with Crippen LogP contribution in [0.1, 0.15) is 10.4 Å². The molecule has 0 bridgehead atoms. The van der Waals surface area contributed by atoms with Gasteiger partial charge >= 0.3 is 0 Å². The molecule has 27 heavy (non-hydrogen) atoms. The summed E-state index contributed by atoms with van der Waals surface area (Å²) < 4.78 is 5.06. The predicted octanol–water partition coefficient (Wildman–Crippen LogP) is 1.52. The van der Waals surface area contributed by atoms with E-state index in [-0.39, 0.29) is 24.9 Å². The molecule has 2 aromatic heterocycles. The van der Waals surface area contributed by atoms with E-state index in [0.717, 1.165) is 11.1 Å². The molecule has 2 heterocycles. The maximum Gasteiger partial charge on any atom is 0.251 e. The second kappa shape index (κ2) is 8.24. The second-order valence-electron chi connectivity index (χ2n) is 5.64. The Kier molecular flexibility index (Phi) is 5.58. The third-order valence-electron chi connectivity index (χ3n) is 3.86. The number of nitrogens with zero attached hydrogens (tertiary/aromatic N) is 3. The minimum Gasteiger partial charge on any atom is -0.481 e. The Balaban J connectivity index is 1.88. The van der Waals surface area contributed by atoms with Crippen LogP contribution in [0.4, 0.5) is 5.82 Å². The molecule has 0 aliphatic carbocycles. The monoisotopic (exact) mass is 365 g/mol. The Morgan fingerprint density at radius 3 is 2.48 bits per heavy atom. The molecular formula is C19H19N5O3. The van der Waals surface area contributed by atoms with Gasteiger partial charge in [-0.05, 0) is 18.2 Å². The van der Waals surface area contributed by atoms with Crippen molar-refractivity contribution in [1.29, 1.82) is 0 Å². The highest BCUT2D eigenvalue weighted by Crippen LogP contribution is 2.26. The molecule has 8 heteroatoms. The topological polar surface area (TPSA) is 123 Å². The van der Waals surface area contributed by atoms with Gasteiger partial charge in [0.05, 0.1) is 25.6 Å². The number of anilines is 1. The molecule has 138 valence electrons. The van der Waals surface area contributed by atoms with Crippen LogP contribution in [0.5, 0.6) is 5.88 Å². The Hall–Kier alpha value is -3.52. The smallest absolute Gasteiger partial charge is 0.251 e. The normalized spacial score (nSPS) is 10.4. The maximum atomic E-state index is 11.9. The van der Waals surface area contributed by atoms with Gasteiger partial charge < -0.3 is 20.9 Å². The van der Waals surface area contributed by atoms with Gasteiger partial charge in [-0.15, -0.1) is 0 Å². The van der Waals surface area contributed by atoms with Crippen molar-refractivity contribution in [2.45, 2.75) is 0 Å². The van der Waals surface area contributed by atoms with Crippen LogP contribution in [0, 0.1) is 0 Å². The van der Waals surface area contributed by atoms with Gasteiger partial charge in [-0.2, -0.15) is 0 Å². The molecule has 0 radical (unpaired) electrons. The number of methoxy groups -OCH3 is 1. The number of aromatic nitrogens is 3. The number of nitrogens with two attached hydrogens (primary N) is 1. The highest BCUT2D eigenvalue weighted by Gasteiger charge is 2.11. The van der Waals surface area contributed by atoms with Crippen LogP contribution in [0.15, 0.2) is 48.8 Å². The van der Waals surface area contributed by atoms with Crippen molar-refractivity contribution in [3.8, 4) is 28.4 Å². The molecule has 0 atom stereocenters. The van der Waals surface area contributed by atoms with Crippen molar-refractivity contribution < 1.29 is 14.6 Å². The number of rotatable bonds is 6. The lowest BCUT2D eigenvalue weighted by molar-refractivity contribution is 0.0945. The number of hydrogen-bond donors (Lipinski definition) is 3. The van der Waals surface area contributed by atoms with Gasteiger partial charge in [-0.3, -0.25) is 4.79 Å². The number of ether oxygens (including phenoxy) is 1. The number of hydrogen-bond acceptors (Lipinski definition) is 7. The number of aliphatic hydroxyl groups is 1. The van der Waals surface area contributed by atoms with Gasteiger partial charge in [0, 0.05) is 35.5 Å². The summed E-state index contributed by atoms with van der Waals surface area (Å²) in [6, 6.07) is 10.4. The number of nitrogen functional groups attached to an aromatic ring is 1. The fourth-order valence-corrected chi connectivity index (χ4v) is 2.45. The Morgan fingerprint density at radius 1 is 1.11 bits per heavy atom. The third kappa shape index (κ3) is 4.18. The minimum atomic E-state index is -0.257. The molecule has 0 spiro atoms. The molecular weight excluding hydrogens is 346 g/mol. The van der Waals surface area contributed by atoms with Crippen LogP contribution < -0.4 is 15.8 Å². The van der Waals surface area contributed by atoms with Gasteiger partial charge in [0.25, 0.3) is 5.91 Å². The average Bonchev–Trinajstić information content (AvgIpc) is 2.72. The van der Waals surface area contributed by atoms with Crippen molar-refractivity contribution in [2.75, 3.05) is 26.0 Å². The first-order chi connectivity index (χ1) is 13.1. The van der Waals surface area contributed by atoms with Crippen molar-refractivity contribution in [3.63, 3.8) is 0 Å². The van der Waals surface area contributed by atoms with Crippen LogP contribution in [0.2, 0.25) is 0 Å². The maximum absolute atomic E-state index is 11.9. The number of amides is 1. The quantitative estimate of drug-likeness (QED) is 0.605. The summed E-state index contributed by atoms with van der Waals surface area (Å²) in [5.74, 6) is 0.544. The Bertz CT molecular complexity index is 927. The molecule has 0 aliphatic heterocycles. The van der Waals surface area contributed by atoms with Gasteiger partial charge in [0.15, 0.2) is 0 Å². The standard InChI is InChI=1S/C19H19N5O3/c1-27-16-7-6-14(10-22-16)15-11-23-18(20)17(24-15)12-2-4-13(5-3-12)19(26)21-8-9-25/h2-7,10-11,25H,8-9H2,1H3,(H2,20,23)(H,21,26). The average molecular weight is 365 g/mol. The van der Waals surface area contributed by atoms with Gasteiger partial charge in [0.2, 0.25) is 5.88 Å². The predicted molar refractivity (Wildman–Crippen MR) is 101 cm³/mol. The molecule has 1 amide bonds. The minimum absolute atomic E-state index is 0.108. The zero-order valence-corrected chi connectivity index (χ0v) is 14.7. The van der Waals surface area contributed by atoms with Crippen LogP contribution in [-0.4, -0.2) is 46.2 Å². The molecule has 3 aromatic rings. The van der Waals surface area contributed by atoms with E-state index in [1.54, 1.807) is 49.8 Å². The fraction of sp³-hybridized carbons (Fsp3) is 0.158. The first-order valence-corrected chi connectivity index (χ1v) is 8.25. The zero-order chi connectivity index (χ0) is 19.2. The Morgan fingerprint density at radius 2 is 1.85 bits per heavy atom. The van der Waals surface area contributed by atoms with E-state index >= 15 is 0 Å². The fourth-order valence-electron chi connectivity index (χ4n) is 2.45. The lowest BCUT2D eigenvalue weighted by Crippen LogP contribution is -2.26. The summed E-state index contributed by atoms with van der Waals surface area (Å²) >= 11 is 0. The van der Waals surface area contributed by atoms with Crippen molar-refractivity contribution in [1.82, 2.24) is 20.3 Å². The molecule has 8 nitrogen and oxygen atoms in total. The largest absolute Gasteiger partial charge is 0.481 e. The van der Waals surface area contributed by atoms with E-state index in [0.29, 0.717) is 22.8 Å². The van der Waals surface area contributed by atoms with E-state index in [1.165, 1.54) is 0 Å². The van der Waals surface area contributed by atoms with E-state index in [1.807, 2.05) is 6.07 Å². The van der Waals surface area contributed by atoms with Crippen molar-refractivity contribution >= 4 is 11.7 Å². The summed E-state index contributed by atoms with van der Waals surface area (Å²) in [5, 5.41) is 11.4. The first kappa shape index (κ1) is 18.3. The van der Waals surface area contributed by atoms with Crippen LogP contribution in [0.3, 0.4) is 0 Å². The summed E-state index contributed by atoms with van der Waals surface area (Å²) in [6.07, 6.45) is 3.23. The number of benzene rings is 1. The van der Waals surface area contributed by atoms with Crippen LogP contribution in [-0.2, 0) is 0 Å². The third-order valence-corrected chi connectivity index (χ3v) is 3.86. The lowest BCUT2D eigenvalue weighted by Gasteiger charge is -2.09. The number of carbonyl (C=O) groups excluding carboxylic acids is 1. The second-order valence-corrected chi connectivity index (χ2v) is 5.64. The molecule has 0 aliphatic rings. The lowest BCUT2D eigenvalue weighted by atomic mass is 10.1. The number of carbonyl (C=O) groups is 1. The van der Waals surface area contributed by atoms with E-state index in [2.05, 4.69) is 20.3 Å². The summed E-state index contributed by atoms with van der Waals surface area (Å²) in [5.41, 5.74) is 9.14. The SMILES string of the molecule is COc1ccc(-c2cnc(N)c(-c3ccc(C(=O)NCCO)cc3)n2)cn1. The highest BCUT2D eigenvalue weighted by atomic mass is 16.5. The zero-order valence-electron chi connectivity index (χ0n) is 14.7. The first-order valence-electron chi connectivity index (χ1n) is 8.25. The van der Waals surface area contributed by atoms with Crippen LogP contribution in [0.25, 0.3) is 22.5 Å². The number of aliphatic hydroxyl groups excluding tert-OH is 1. The molecule has 0 saturated carbocycles. The van der Waals surface area contributed by atoms with E-state index < -0.39 is 0 Å². The summed E-state index contributed by atoms with van der Waals surface area (Å²) in [7, 11) is 1.55. The van der Waals surface area contributed by atoms with Crippen LogP contribution >= 0.6 is 0 Å². The molecule has 0 unspecified atom stereocenters. The van der Waals surface area contributed by atoms with E-state index in [9.17, 15) is 4.79 Å². The molecule has 0 saturated heterocycles. The van der Waals surface area contributed by atoms with Gasteiger partial charge in [0.1, 0.15) is 11.5 Å². The number of pyridine rings is 1. The van der Waals surface area contributed by atoms with Gasteiger partial charge in [-0.25, -0.2) is 15.0 Å². The van der Waals surface area contributed by atoms with Crippen molar-refractivity contribution in [2.24, 2.45) is 0 Å². The van der Waals surface area contributed by atoms with Gasteiger partial charge in [-0.1, -0.05) is 12.1 Å². The molecule has 4 N–H and O–H groups in total. The Labute approximate surface area is 156 Å². The van der Waals surface area contributed by atoms with E-state index in [4.69, 9.17) is 15.6 Å². The number of nitrogens with one attached hydrogen (secondary N) is 1. The molecule has 3 rings (SSSR count). The summed E-state index contributed by atoms with van der Waals surface area (Å²) in [6.45, 7) is 0.0971. The highest BCUT2D eigenvalue weighted by molar-refractivity contribution is 5.94. The summed E-state index contributed by atoms with van der Waals surface area (Å²) in [4.78, 5) is 24.9. The molecule has 1 aromatic carbocycles.